The number of carboxylic acids is 1. The van der Waals surface area contributed by atoms with Gasteiger partial charge in [-0.15, -0.1) is 4.73 Å². The number of hydrogen-bond donors (Lipinski definition) is 3. The van der Waals surface area contributed by atoms with Gasteiger partial charge >= 0.3 is 11.5 Å². The van der Waals surface area contributed by atoms with E-state index in [4.69, 9.17) is 0 Å². The van der Waals surface area contributed by atoms with Crippen molar-refractivity contribution in [3.63, 3.8) is 0 Å². The fourth-order valence-corrected chi connectivity index (χ4v) is 4.40. The highest BCUT2D eigenvalue weighted by Gasteiger charge is 2.26. The Morgan fingerprint density at radius 1 is 1.12 bits per heavy atom. The van der Waals surface area contributed by atoms with Crippen LogP contribution in [0.4, 0.5) is 0 Å². The average Bonchev–Trinajstić information content (AvgIpc) is 2.83. The molecule has 0 radical (unpaired) electrons. The first-order valence-electron chi connectivity index (χ1n) is 10.9. The summed E-state index contributed by atoms with van der Waals surface area (Å²) in [5.74, 6) is -2.25. The number of rotatable bonds is 6. The maximum Gasteiger partial charge on any atom is 0.345 e. The number of carboxylic acid groups (broad SMARTS) is 1. The summed E-state index contributed by atoms with van der Waals surface area (Å²) in [6.45, 7) is 1.19. The van der Waals surface area contributed by atoms with E-state index < -0.39 is 22.8 Å². The second-order valence-corrected chi connectivity index (χ2v) is 8.35. The average molecular weight is 451 g/mol. The lowest BCUT2D eigenvalue weighted by molar-refractivity contribution is 0.0678. The van der Waals surface area contributed by atoms with E-state index >= 15 is 0 Å². The van der Waals surface area contributed by atoms with Gasteiger partial charge in [-0.1, -0.05) is 30.3 Å². The number of aromatic carboxylic acids is 1. The van der Waals surface area contributed by atoms with Gasteiger partial charge in [0.05, 0.1) is 10.9 Å². The summed E-state index contributed by atoms with van der Waals surface area (Å²) in [4.78, 5) is 41.9. The van der Waals surface area contributed by atoms with Crippen LogP contribution in [0.2, 0.25) is 0 Å². The molecule has 9 heteroatoms. The van der Waals surface area contributed by atoms with E-state index in [0.29, 0.717) is 19.0 Å². The van der Waals surface area contributed by atoms with Crippen LogP contribution in [0.1, 0.15) is 52.0 Å². The molecule has 0 aliphatic carbocycles. The first-order valence-corrected chi connectivity index (χ1v) is 10.9. The zero-order valence-corrected chi connectivity index (χ0v) is 18.0. The van der Waals surface area contributed by atoms with Crippen molar-refractivity contribution in [1.82, 2.24) is 14.6 Å². The molecule has 1 aromatic carbocycles. The van der Waals surface area contributed by atoms with Crippen LogP contribution in [-0.2, 0) is 6.42 Å². The number of aryl methyl sites for hydroxylation is 1. The standard InChI is InChI=1S/C24H25N3O6/c28-20-18-13-17(14-25-21(18)27(33)23(30)19(20)24(31)32)22(29)26-11-9-16(10-12-26)8-4-7-15-5-2-1-3-6-15/h1-3,5-6,13-14,16,28,33H,4,7-12H2,(H,31,32). The summed E-state index contributed by atoms with van der Waals surface area (Å²) in [5, 5.41) is 29.2. The van der Waals surface area contributed by atoms with Crippen molar-refractivity contribution >= 4 is 22.9 Å². The first kappa shape index (κ1) is 22.3. The first-order chi connectivity index (χ1) is 15.9. The lowest BCUT2D eigenvalue weighted by atomic mass is 9.90. The highest BCUT2D eigenvalue weighted by atomic mass is 16.5. The molecule has 0 bridgehead atoms. The van der Waals surface area contributed by atoms with Gasteiger partial charge in [0.2, 0.25) is 0 Å². The molecule has 33 heavy (non-hydrogen) atoms. The number of fused-ring (bicyclic) bond motifs is 1. The summed E-state index contributed by atoms with van der Waals surface area (Å²) < 4.78 is 0.0632. The van der Waals surface area contributed by atoms with E-state index in [2.05, 4.69) is 17.1 Å². The molecule has 3 aromatic rings. The predicted octanol–water partition coefficient (Wildman–Crippen LogP) is 2.91. The maximum absolute atomic E-state index is 13.0. The Hall–Kier alpha value is -3.88. The van der Waals surface area contributed by atoms with Gasteiger partial charge in [-0.3, -0.25) is 9.59 Å². The zero-order valence-electron chi connectivity index (χ0n) is 18.0. The third kappa shape index (κ3) is 4.52. The molecule has 1 fully saturated rings. The van der Waals surface area contributed by atoms with Crippen LogP contribution in [0.3, 0.4) is 0 Å². The van der Waals surface area contributed by atoms with E-state index in [1.807, 2.05) is 18.2 Å². The van der Waals surface area contributed by atoms with Crippen molar-refractivity contribution in [2.45, 2.75) is 32.1 Å². The summed E-state index contributed by atoms with van der Waals surface area (Å²) in [6, 6.07) is 11.6. The Labute approximate surface area is 189 Å². The molecule has 0 unspecified atom stereocenters. The third-order valence-corrected chi connectivity index (χ3v) is 6.25. The summed E-state index contributed by atoms with van der Waals surface area (Å²) in [7, 11) is 0. The van der Waals surface area contributed by atoms with Gasteiger partial charge < -0.3 is 20.3 Å². The summed E-state index contributed by atoms with van der Waals surface area (Å²) >= 11 is 0. The van der Waals surface area contributed by atoms with Crippen LogP contribution >= 0.6 is 0 Å². The Kier molecular flexibility index (Phi) is 6.30. The third-order valence-electron chi connectivity index (χ3n) is 6.25. The van der Waals surface area contributed by atoms with Gasteiger partial charge in [-0.05, 0) is 49.7 Å². The van der Waals surface area contributed by atoms with Crippen LogP contribution in [0.25, 0.3) is 11.0 Å². The van der Waals surface area contributed by atoms with Gasteiger partial charge in [-0.25, -0.2) is 9.78 Å². The summed E-state index contributed by atoms with van der Waals surface area (Å²) in [6.07, 6.45) is 6.25. The van der Waals surface area contributed by atoms with Crippen molar-refractivity contribution in [2.24, 2.45) is 5.92 Å². The van der Waals surface area contributed by atoms with Gasteiger partial charge in [0.1, 0.15) is 5.75 Å². The number of pyridine rings is 2. The van der Waals surface area contributed by atoms with Crippen molar-refractivity contribution in [3.8, 4) is 5.75 Å². The number of carbonyl (C=O) groups is 2. The molecule has 0 atom stereocenters. The highest BCUT2D eigenvalue weighted by Crippen LogP contribution is 2.28. The second kappa shape index (κ2) is 9.32. The number of benzene rings is 1. The molecule has 1 aliphatic heterocycles. The number of hydrogen-bond acceptors (Lipinski definition) is 6. The molecule has 3 heterocycles. The van der Waals surface area contributed by atoms with Gasteiger partial charge in [0, 0.05) is 19.3 Å². The molecule has 2 aromatic heterocycles. The van der Waals surface area contributed by atoms with Gasteiger partial charge in [-0.2, -0.15) is 0 Å². The molecule has 3 N–H and O–H groups in total. The normalized spacial score (nSPS) is 14.5. The molecule has 0 spiro atoms. The Morgan fingerprint density at radius 2 is 1.82 bits per heavy atom. The minimum Gasteiger partial charge on any atom is -0.506 e. The number of aromatic nitrogens is 2. The zero-order chi connectivity index (χ0) is 23.5. The van der Waals surface area contributed by atoms with Crippen LogP contribution in [0.5, 0.6) is 5.75 Å². The van der Waals surface area contributed by atoms with Gasteiger partial charge in [0.15, 0.2) is 11.2 Å². The van der Waals surface area contributed by atoms with E-state index in [1.54, 1.807) is 4.90 Å². The van der Waals surface area contributed by atoms with Crippen molar-refractivity contribution in [1.29, 1.82) is 0 Å². The lowest BCUT2D eigenvalue weighted by Crippen LogP contribution is -2.38. The molecular weight excluding hydrogens is 426 g/mol. The predicted molar refractivity (Wildman–Crippen MR) is 120 cm³/mol. The number of carbonyl (C=O) groups excluding carboxylic acids is 1. The number of nitrogens with zero attached hydrogens (tertiary/aromatic N) is 3. The van der Waals surface area contributed by atoms with Crippen LogP contribution in [0, 0.1) is 5.92 Å². The van der Waals surface area contributed by atoms with Crippen LogP contribution in [-0.4, -0.2) is 55.0 Å². The number of aromatic hydroxyl groups is 1. The largest absolute Gasteiger partial charge is 0.506 e. The fourth-order valence-electron chi connectivity index (χ4n) is 4.40. The van der Waals surface area contributed by atoms with Crippen molar-refractivity contribution in [3.05, 3.63) is 69.6 Å². The fraction of sp³-hybridized carbons (Fsp3) is 0.333. The minimum absolute atomic E-state index is 0.0632. The topological polar surface area (TPSA) is 133 Å². The number of amides is 1. The van der Waals surface area contributed by atoms with Crippen molar-refractivity contribution < 1.29 is 25.0 Å². The molecule has 1 aliphatic rings. The van der Waals surface area contributed by atoms with Crippen LogP contribution in [0.15, 0.2) is 47.4 Å². The molecule has 1 amide bonds. The number of likely N-dealkylation sites (tertiary alicyclic amines) is 1. The molecule has 1 saturated heterocycles. The summed E-state index contributed by atoms with van der Waals surface area (Å²) in [5.41, 5.74) is -1.12. The highest BCUT2D eigenvalue weighted by molar-refractivity contribution is 6.01. The SMILES string of the molecule is O=C(O)c1c(O)c2cc(C(=O)N3CCC(CCCc4ccccc4)CC3)cnc2n(O)c1=O. The molecule has 9 nitrogen and oxygen atoms in total. The quantitative estimate of drug-likeness (QED) is 0.491. The Bertz CT molecular complexity index is 1250. The molecule has 4 rings (SSSR count). The number of piperidine rings is 1. The Morgan fingerprint density at radius 3 is 2.48 bits per heavy atom. The molecule has 172 valence electrons. The van der Waals surface area contributed by atoms with Crippen LogP contribution < -0.4 is 5.56 Å². The Balaban J connectivity index is 1.43. The van der Waals surface area contributed by atoms with E-state index in [0.717, 1.165) is 32.1 Å². The van der Waals surface area contributed by atoms with Crippen molar-refractivity contribution in [2.75, 3.05) is 13.1 Å². The molecular formula is C24H25N3O6. The van der Waals surface area contributed by atoms with E-state index in [1.165, 1.54) is 17.8 Å². The van der Waals surface area contributed by atoms with Gasteiger partial charge in [0.25, 0.3) is 5.91 Å². The lowest BCUT2D eigenvalue weighted by Gasteiger charge is -2.32. The molecule has 0 saturated carbocycles. The second-order valence-electron chi connectivity index (χ2n) is 8.35. The minimum atomic E-state index is -1.69. The van der Waals surface area contributed by atoms with E-state index in [-0.39, 0.29) is 27.2 Å². The maximum atomic E-state index is 13.0. The monoisotopic (exact) mass is 451 g/mol. The van der Waals surface area contributed by atoms with E-state index in [9.17, 15) is 29.8 Å². The smallest absolute Gasteiger partial charge is 0.345 e.